The Morgan fingerprint density at radius 2 is 2.12 bits per heavy atom. The van der Waals surface area contributed by atoms with Crippen LogP contribution in [0, 0.1) is 17.3 Å². The van der Waals surface area contributed by atoms with Crippen molar-refractivity contribution in [2.45, 2.75) is 52.7 Å². The van der Waals surface area contributed by atoms with Crippen LogP contribution in [0.15, 0.2) is 0 Å². The molecule has 17 heavy (non-hydrogen) atoms. The van der Waals surface area contributed by atoms with Gasteiger partial charge in [-0.15, -0.1) is 0 Å². The number of aliphatic hydroxyl groups is 1. The van der Waals surface area contributed by atoms with Gasteiger partial charge in [0.2, 0.25) is 5.91 Å². The minimum absolute atomic E-state index is 0.00366. The molecular formula is C13H26N2O2. The Bertz CT molecular complexity index is 277. The highest BCUT2D eigenvalue weighted by atomic mass is 16.3. The molecule has 100 valence electrons. The maximum Gasteiger partial charge on any atom is 0.223 e. The lowest BCUT2D eigenvalue weighted by molar-refractivity contribution is -0.132. The summed E-state index contributed by atoms with van der Waals surface area (Å²) in [6.45, 7) is 8.35. The molecule has 0 spiro atoms. The lowest BCUT2D eigenvalue weighted by Crippen LogP contribution is -2.52. The van der Waals surface area contributed by atoms with Crippen molar-refractivity contribution in [1.82, 2.24) is 5.32 Å². The van der Waals surface area contributed by atoms with Crippen LogP contribution in [0.4, 0.5) is 0 Å². The fourth-order valence-electron chi connectivity index (χ4n) is 2.69. The van der Waals surface area contributed by atoms with E-state index < -0.39 is 6.10 Å². The first-order valence-electron chi connectivity index (χ1n) is 6.48. The van der Waals surface area contributed by atoms with Gasteiger partial charge in [0.25, 0.3) is 0 Å². The van der Waals surface area contributed by atoms with Gasteiger partial charge in [0.05, 0.1) is 6.10 Å². The van der Waals surface area contributed by atoms with Crippen molar-refractivity contribution >= 4 is 5.91 Å². The molecule has 1 aliphatic rings. The second-order valence-electron chi connectivity index (χ2n) is 6.00. The van der Waals surface area contributed by atoms with Crippen molar-refractivity contribution < 1.29 is 9.90 Å². The number of hydrogen-bond acceptors (Lipinski definition) is 3. The molecule has 0 aliphatic heterocycles. The molecule has 1 saturated carbocycles. The van der Waals surface area contributed by atoms with E-state index in [4.69, 9.17) is 5.73 Å². The van der Waals surface area contributed by atoms with Gasteiger partial charge in [0, 0.05) is 18.5 Å². The number of hydrogen-bond donors (Lipinski definition) is 3. The highest BCUT2D eigenvalue weighted by Crippen LogP contribution is 2.44. The molecule has 1 rings (SSSR count). The topological polar surface area (TPSA) is 75.4 Å². The van der Waals surface area contributed by atoms with E-state index >= 15 is 0 Å². The van der Waals surface area contributed by atoms with E-state index in [9.17, 15) is 9.90 Å². The van der Waals surface area contributed by atoms with Crippen LogP contribution in [-0.2, 0) is 4.79 Å². The monoisotopic (exact) mass is 242 g/mol. The van der Waals surface area contributed by atoms with Crippen molar-refractivity contribution in [1.29, 1.82) is 0 Å². The summed E-state index contributed by atoms with van der Waals surface area (Å²) >= 11 is 0. The first-order chi connectivity index (χ1) is 7.76. The summed E-state index contributed by atoms with van der Waals surface area (Å²) in [6, 6.07) is 0.186. The minimum atomic E-state index is -0.495. The zero-order chi connectivity index (χ0) is 13.2. The molecule has 0 bridgehead atoms. The zero-order valence-electron chi connectivity index (χ0n) is 11.4. The molecule has 0 radical (unpaired) electrons. The Kier molecular flexibility index (Phi) is 4.55. The normalized spacial score (nSPS) is 34.1. The Labute approximate surface area is 104 Å². The molecule has 0 aromatic heterocycles. The highest BCUT2D eigenvalue weighted by Gasteiger charge is 2.44. The molecule has 1 amide bonds. The maximum absolute atomic E-state index is 12.1. The first-order valence-corrected chi connectivity index (χ1v) is 6.48. The number of nitrogens with one attached hydrogen (secondary N) is 1. The third kappa shape index (κ3) is 3.19. The predicted octanol–water partition coefficient (Wildman–Crippen LogP) is 0.883. The summed E-state index contributed by atoms with van der Waals surface area (Å²) in [5.74, 6) is 0.379. The van der Waals surface area contributed by atoms with E-state index in [1.165, 1.54) is 0 Å². The van der Waals surface area contributed by atoms with Crippen LogP contribution in [0.2, 0.25) is 0 Å². The van der Waals surface area contributed by atoms with Gasteiger partial charge in [-0.3, -0.25) is 4.79 Å². The van der Waals surface area contributed by atoms with Crippen molar-refractivity contribution in [2.75, 3.05) is 6.54 Å². The number of carbonyl (C=O) groups is 1. The predicted molar refractivity (Wildman–Crippen MR) is 68.3 cm³/mol. The standard InChI is InChI=1S/C13H26N2O2/c1-8(16)7-15-12(17)10-5-6-11(14)9(2)13(10,3)4/h8-11,16H,5-7,14H2,1-4H3,(H,15,17)/t8-,9?,10?,11?/m0/s1. The number of carbonyl (C=O) groups excluding carboxylic acids is 1. The number of amides is 1. The fraction of sp³-hybridized carbons (Fsp3) is 0.923. The van der Waals surface area contributed by atoms with Crippen LogP contribution < -0.4 is 11.1 Å². The van der Waals surface area contributed by atoms with Crippen LogP contribution in [0.5, 0.6) is 0 Å². The SMILES string of the molecule is CC1C(N)CCC(C(=O)NC[C@H](C)O)C1(C)C. The van der Waals surface area contributed by atoms with Gasteiger partial charge in [-0.2, -0.15) is 0 Å². The van der Waals surface area contributed by atoms with E-state index in [2.05, 4.69) is 26.1 Å². The van der Waals surface area contributed by atoms with Crippen LogP contribution >= 0.6 is 0 Å². The van der Waals surface area contributed by atoms with E-state index in [0.29, 0.717) is 12.5 Å². The third-order valence-electron chi connectivity index (χ3n) is 4.39. The highest BCUT2D eigenvalue weighted by molar-refractivity contribution is 5.79. The van der Waals surface area contributed by atoms with Gasteiger partial charge < -0.3 is 16.2 Å². The van der Waals surface area contributed by atoms with E-state index in [1.807, 2.05) is 0 Å². The fourth-order valence-corrected chi connectivity index (χ4v) is 2.69. The molecule has 0 aromatic carbocycles. The van der Waals surface area contributed by atoms with E-state index in [0.717, 1.165) is 12.8 Å². The lowest BCUT2D eigenvalue weighted by atomic mass is 9.61. The Morgan fingerprint density at radius 1 is 1.53 bits per heavy atom. The second kappa shape index (κ2) is 5.36. The molecule has 0 heterocycles. The van der Waals surface area contributed by atoms with Gasteiger partial charge in [0.15, 0.2) is 0 Å². The van der Waals surface area contributed by atoms with Crippen LogP contribution in [0.25, 0.3) is 0 Å². The quantitative estimate of drug-likeness (QED) is 0.688. The molecule has 0 aromatic rings. The van der Waals surface area contributed by atoms with Crippen LogP contribution in [-0.4, -0.2) is 29.7 Å². The average Bonchev–Trinajstić information content (AvgIpc) is 2.23. The van der Waals surface area contributed by atoms with Crippen molar-refractivity contribution in [2.24, 2.45) is 23.0 Å². The summed E-state index contributed by atoms with van der Waals surface area (Å²) in [6.07, 6.45) is 1.24. The van der Waals surface area contributed by atoms with Crippen molar-refractivity contribution in [3.8, 4) is 0 Å². The molecule has 0 saturated heterocycles. The largest absolute Gasteiger partial charge is 0.392 e. The minimum Gasteiger partial charge on any atom is -0.392 e. The summed E-state index contributed by atoms with van der Waals surface area (Å²) < 4.78 is 0. The van der Waals surface area contributed by atoms with E-state index in [-0.39, 0.29) is 23.3 Å². The summed E-state index contributed by atoms with van der Waals surface area (Å²) in [5.41, 5.74) is 5.98. The third-order valence-corrected chi connectivity index (χ3v) is 4.39. The van der Waals surface area contributed by atoms with Gasteiger partial charge in [0.1, 0.15) is 0 Å². The van der Waals surface area contributed by atoms with E-state index in [1.54, 1.807) is 6.92 Å². The number of nitrogens with two attached hydrogens (primary N) is 1. The van der Waals surface area contributed by atoms with Gasteiger partial charge >= 0.3 is 0 Å². The number of aliphatic hydroxyl groups excluding tert-OH is 1. The summed E-state index contributed by atoms with van der Waals surface area (Å²) in [4.78, 5) is 12.1. The molecule has 1 aliphatic carbocycles. The average molecular weight is 242 g/mol. The summed E-state index contributed by atoms with van der Waals surface area (Å²) in [5, 5.41) is 12.0. The van der Waals surface area contributed by atoms with Crippen LogP contribution in [0.3, 0.4) is 0 Å². The first kappa shape index (κ1) is 14.5. The molecule has 4 nitrogen and oxygen atoms in total. The van der Waals surface area contributed by atoms with Gasteiger partial charge in [-0.05, 0) is 31.1 Å². The van der Waals surface area contributed by atoms with Gasteiger partial charge in [-0.1, -0.05) is 20.8 Å². The maximum atomic E-state index is 12.1. The Morgan fingerprint density at radius 3 is 2.65 bits per heavy atom. The Balaban J connectivity index is 2.67. The molecule has 4 heteroatoms. The second-order valence-corrected chi connectivity index (χ2v) is 6.00. The molecule has 4 N–H and O–H groups in total. The van der Waals surface area contributed by atoms with Crippen molar-refractivity contribution in [3.05, 3.63) is 0 Å². The molecule has 4 atom stereocenters. The number of rotatable bonds is 3. The Hall–Kier alpha value is -0.610. The smallest absolute Gasteiger partial charge is 0.223 e. The molecular weight excluding hydrogens is 216 g/mol. The lowest BCUT2D eigenvalue weighted by Gasteiger charge is -2.46. The van der Waals surface area contributed by atoms with Crippen LogP contribution in [0.1, 0.15) is 40.5 Å². The molecule has 3 unspecified atom stereocenters. The summed E-state index contributed by atoms with van der Waals surface area (Å²) in [7, 11) is 0. The zero-order valence-corrected chi connectivity index (χ0v) is 11.4. The molecule has 1 fully saturated rings. The van der Waals surface area contributed by atoms with Gasteiger partial charge in [-0.25, -0.2) is 0 Å². The van der Waals surface area contributed by atoms with Crippen molar-refractivity contribution in [3.63, 3.8) is 0 Å².